The van der Waals surface area contributed by atoms with Crippen molar-refractivity contribution in [2.24, 2.45) is 10.8 Å². The maximum atomic E-state index is 12.7. The summed E-state index contributed by atoms with van der Waals surface area (Å²) in [5.74, 6) is -1.01. The van der Waals surface area contributed by atoms with Crippen LogP contribution in [0, 0.1) is 16.7 Å². The van der Waals surface area contributed by atoms with Crippen molar-refractivity contribution in [3.05, 3.63) is 59.7 Å². The number of nitriles is 1. The molecule has 1 aliphatic heterocycles. The fraction of sp³-hybridized carbons (Fsp3) is 0.227. The molecule has 4 N–H and O–H groups in total. The first kappa shape index (κ1) is 22.3. The summed E-state index contributed by atoms with van der Waals surface area (Å²) in [7, 11) is 1.29. The minimum absolute atomic E-state index is 0.0191. The Morgan fingerprint density at radius 3 is 2.41 bits per heavy atom. The molecular weight excluding hydrogens is 410 g/mol. The highest BCUT2D eigenvalue weighted by molar-refractivity contribution is 6.45. The zero-order valence-corrected chi connectivity index (χ0v) is 17.5. The molecule has 0 aromatic heterocycles. The molecule has 164 valence electrons. The minimum atomic E-state index is -0.520. The third kappa shape index (κ3) is 5.02. The number of hydrazone groups is 1. The number of benzene rings is 2. The summed E-state index contributed by atoms with van der Waals surface area (Å²) in [6.07, 6.45) is 0. The quantitative estimate of drug-likeness (QED) is 0.271. The fourth-order valence-electron chi connectivity index (χ4n) is 3.32. The number of amidine groups is 1. The van der Waals surface area contributed by atoms with E-state index in [4.69, 9.17) is 21.1 Å². The van der Waals surface area contributed by atoms with Crippen molar-refractivity contribution in [1.29, 1.82) is 10.7 Å². The largest absolute Gasteiger partial charge is 0.465 e. The van der Waals surface area contributed by atoms with Gasteiger partial charge < -0.3 is 20.3 Å². The van der Waals surface area contributed by atoms with Gasteiger partial charge in [-0.25, -0.2) is 4.79 Å². The van der Waals surface area contributed by atoms with Gasteiger partial charge in [0.1, 0.15) is 6.07 Å². The van der Waals surface area contributed by atoms with Gasteiger partial charge in [0, 0.05) is 31.7 Å². The van der Waals surface area contributed by atoms with Gasteiger partial charge in [-0.3, -0.25) is 15.6 Å². The highest BCUT2D eigenvalue weighted by Gasteiger charge is 2.24. The van der Waals surface area contributed by atoms with Crippen LogP contribution in [0.1, 0.15) is 20.7 Å². The lowest BCUT2D eigenvalue weighted by molar-refractivity contribution is 0.0600. The Morgan fingerprint density at radius 1 is 1.12 bits per heavy atom. The van der Waals surface area contributed by atoms with Crippen molar-refractivity contribution in [3.8, 4) is 6.07 Å². The van der Waals surface area contributed by atoms with Crippen molar-refractivity contribution in [2.45, 2.75) is 0 Å². The van der Waals surface area contributed by atoms with Crippen LogP contribution in [0.2, 0.25) is 0 Å². The number of hydrogen-bond acceptors (Lipinski definition) is 8. The summed E-state index contributed by atoms with van der Waals surface area (Å²) >= 11 is 0. The monoisotopic (exact) mass is 433 g/mol. The number of anilines is 2. The van der Waals surface area contributed by atoms with Crippen LogP contribution in [-0.4, -0.2) is 61.6 Å². The zero-order valence-electron chi connectivity index (χ0n) is 17.5. The Kier molecular flexibility index (Phi) is 7.02. The number of nitrogens with two attached hydrogens (primary N) is 1. The molecule has 0 saturated carbocycles. The van der Waals surface area contributed by atoms with E-state index < -0.39 is 11.8 Å². The molecule has 1 heterocycles. The number of rotatable bonds is 6. The van der Waals surface area contributed by atoms with E-state index >= 15 is 0 Å². The minimum Gasteiger partial charge on any atom is -0.465 e. The summed E-state index contributed by atoms with van der Waals surface area (Å²) in [5, 5.41) is 20.4. The van der Waals surface area contributed by atoms with E-state index in [9.17, 15) is 9.59 Å². The third-order valence-corrected chi connectivity index (χ3v) is 5.00. The predicted molar refractivity (Wildman–Crippen MR) is 121 cm³/mol. The molecule has 0 spiro atoms. The molecule has 2 aromatic rings. The first-order chi connectivity index (χ1) is 15.4. The number of piperazine rings is 1. The standard InChI is InChI=1S/C22H23N7O3/c1-32-22(31)16-7-8-19(17(13-16)26-27-18(14-23)20(24)25)28-9-11-29(12-10-28)21(30)15-5-3-2-4-6-15/h2-8,13,26H,9-12H2,1H3,(H3,24,25)/b27-18+. The van der Waals surface area contributed by atoms with Crippen molar-refractivity contribution < 1.29 is 14.3 Å². The molecule has 32 heavy (non-hydrogen) atoms. The van der Waals surface area contributed by atoms with Crippen LogP contribution in [0.25, 0.3) is 0 Å². The highest BCUT2D eigenvalue weighted by Crippen LogP contribution is 2.29. The van der Waals surface area contributed by atoms with Crippen LogP contribution in [-0.2, 0) is 4.74 Å². The Hall–Kier alpha value is -4.39. The van der Waals surface area contributed by atoms with Gasteiger partial charge in [0.25, 0.3) is 5.91 Å². The lowest BCUT2D eigenvalue weighted by atomic mass is 10.1. The van der Waals surface area contributed by atoms with Crippen LogP contribution < -0.4 is 16.1 Å². The topological polar surface area (TPSA) is 148 Å². The van der Waals surface area contributed by atoms with Crippen LogP contribution in [0.3, 0.4) is 0 Å². The number of nitrogens with one attached hydrogen (secondary N) is 2. The number of nitrogens with zero attached hydrogens (tertiary/aromatic N) is 4. The second kappa shape index (κ2) is 10.1. The number of amides is 1. The van der Waals surface area contributed by atoms with Crippen molar-refractivity contribution in [3.63, 3.8) is 0 Å². The molecule has 1 amide bonds. The van der Waals surface area contributed by atoms with Gasteiger partial charge in [-0.15, -0.1) is 0 Å². The van der Waals surface area contributed by atoms with E-state index in [0.717, 1.165) is 5.69 Å². The lowest BCUT2D eigenvalue weighted by Gasteiger charge is -2.37. The van der Waals surface area contributed by atoms with Crippen molar-refractivity contribution >= 4 is 34.8 Å². The summed E-state index contributed by atoms with van der Waals surface area (Å²) < 4.78 is 4.78. The third-order valence-electron chi connectivity index (χ3n) is 5.00. The number of carbonyl (C=O) groups is 2. The number of methoxy groups -OCH3 is 1. The van der Waals surface area contributed by atoms with E-state index in [2.05, 4.69) is 10.5 Å². The molecule has 0 unspecified atom stereocenters. The average Bonchev–Trinajstić information content (AvgIpc) is 2.83. The van der Waals surface area contributed by atoms with Gasteiger partial charge in [-0.05, 0) is 30.3 Å². The Morgan fingerprint density at radius 2 is 1.81 bits per heavy atom. The summed E-state index contributed by atoms with van der Waals surface area (Å²) in [5.41, 5.74) is 9.93. The fourth-order valence-corrected chi connectivity index (χ4v) is 3.32. The SMILES string of the molecule is COC(=O)c1ccc(N2CCN(C(=O)c3ccccc3)CC2)c(N/N=C(\C#N)C(=N)N)c1. The molecule has 3 rings (SSSR count). The first-order valence-corrected chi connectivity index (χ1v) is 9.84. The maximum absolute atomic E-state index is 12.7. The predicted octanol–water partition coefficient (Wildman–Crippen LogP) is 1.66. The Bertz CT molecular complexity index is 1080. The zero-order chi connectivity index (χ0) is 23.1. The van der Waals surface area contributed by atoms with E-state index in [1.165, 1.54) is 7.11 Å². The summed E-state index contributed by atoms with van der Waals surface area (Å²) in [6.45, 7) is 2.16. The molecule has 1 fully saturated rings. The van der Waals surface area contributed by atoms with Gasteiger partial charge in [-0.2, -0.15) is 10.4 Å². The second-order valence-electron chi connectivity index (χ2n) is 6.97. The van der Waals surface area contributed by atoms with E-state index in [1.807, 2.05) is 23.1 Å². The highest BCUT2D eigenvalue weighted by atomic mass is 16.5. The Balaban J connectivity index is 1.81. The van der Waals surface area contributed by atoms with Gasteiger partial charge in [0.15, 0.2) is 5.84 Å². The molecule has 1 aliphatic rings. The van der Waals surface area contributed by atoms with Crippen molar-refractivity contribution in [1.82, 2.24) is 4.90 Å². The van der Waals surface area contributed by atoms with E-state index in [1.54, 1.807) is 41.3 Å². The van der Waals surface area contributed by atoms with Crippen molar-refractivity contribution in [2.75, 3.05) is 43.6 Å². The number of carbonyl (C=O) groups excluding carboxylic acids is 2. The smallest absolute Gasteiger partial charge is 0.337 e. The maximum Gasteiger partial charge on any atom is 0.337 e. The van der Waals surface area contributed by atoms with Crippen LogP contribution in [0.4, 0.5) is 11.4 Å². The molecule has 0 atom stereocenters. The van der Waals surface area contributed by atoms with Crippen LogP contribution in [0.15, 0.2) is 53.6 Å². The molecule has 10 nitrogen and oxygen atoms in total. The number of ether oxygens (including phenoxy) is 1. The van der Waals surface area contributed by atoms with Gasteiger partial charge in [0.05, 0.1) is 24.0 Å². The number of esters is 1. The first-order valence-electron chi connectivity index (χ1n) is 9.84. The van der Waals surface area contributed by atoms with Gasteiger partial charge in [0.2, 0.25) is 5.71 Å². The van der Waals surface area contributed by atoms with Crippen LogP contribution in [0.5, 0.6) is 0 Å². The molecule has 10 heteroatoms. The van der Waals surface area contributed by atoms with E-state index in [-0.39, 0.29) is 11.6 Å². The molecular formula is C22H23N7O3. The molecule has 0 aliphatic carbocycles. The average molecular weight is 433 g/mol. The van der Waals surface area contributed by atoms with Crippen LogP contribution >= 0.6 is 0 Å². The molecule has 1 saturated heterocycles. The second-order valence-corrected chi connectivity index (χ2v) is 6.97. The van der Waals surface area contributed by atoms with Gasteiger partial charge in [-0.1, -0.05) is 18.2 Å². The van der Waals surface area contributed by atoms with Gasteiger partial charge >= 0.3 is 5.97 Å². The van der Waals surface area contributed by atoms with E-state index in [0.29, 0.717) is 43.0 Å². The Labute approximate surface area is 185 Å². The molecule has 0 radical (unpaired) electrons. The number of hydrogen-bond donors (Lipinski definition) is 3. The summed E-state index contributed by atoms with van der Waals surface area (Å²) in [6, 6.07) is 15.8. The molecule has 0 bridgehead atoms. The molecule has 2 aromatic carbocycles. The summed E-state index contributed by atoms with van der Waals surface area (Å²) in [4.78, 5) is 28.5. The normalized spacial score (nSPS) is 13.8. The lowest BCUT2D eigenvalue weighted by Crippen LogP contribution is -2.49.